The van der Waals surface area contributed by atoms with Crippen molar-refractivity contribution in [3.05, 3.63) is 96.3 Å². The van der Waals surface area contributed by atoms with E-state index in [1.54, 1.807) is 10.9 Å². The van der Waals surface area contributed by atoms with Crippen molar-refractivity contribution >= 4 is 11.7 Å². The number of anilines is 1. The fourth-order valence-corrected chi connectivity index (χ4v) is 4.20. The Bertz CT molecular complexity index is 1210. The Hall–Kier alpha value is -3.93. The molecule has 3 heterocycles. The van der Waals surface area contributed by atoms with Gasteiger partial charge in [-0.2, -0.15) is 5.10 Å². The summed E-state index contributed by atoms with van der Waals surface area (Å²) in [4.78, 5) is 22.2. The van der Waals surface area contributed by atoms with Gasteiger partial charge in [0.2, 0.25) is 0 Å². The molecule has 0 spiro atoms. The van der Waals surface area contributed by atoms with Crippen LogP contribution in [0.2, 0.25) is 0 Å². The molecule has 5 rings (SSSR count). The second-order valence-corrected chi connectivity index (χ2v) is 8.19. The van der Waals surface area contributed by atoms with Crippen molar-refractivity contribution in [3.8, 4) is 16.9 Å². The van der Waals surface area contributed by atoms with Crippen LogP contribution in [-0.2, 0) is 6.42 Å². The molecular weight excluding hydrogens is 410 g/mol. The Kier molecular flexibility index (Phi) is 5.89. The number of para-hydroxylation sites is 1. The number of aromatic nitrogens is 3. The zero-order valence-corrected chi connectivity index (χ0v) is 18.8. The molecule has 1 aliphatic heterocycles. The average Bonchev–Trinajstić information content (AvgIpc) is 3.35. The van der Waals surface area contributed by atoms with E-state index in [0.29, 0.717) is 18.7 Å². The van der Waals surface area contributed by atoms with Gasteiger partial charge in [-0.15, -0.1) is 0 Å². The lowest BCUT2D eigenvalue weighted by atomic mass is 10.0. The van der Waals surface area contributed by atoms with Crippen LogP contribution in [0.25, 0.3) is 16.9 Å². The van der Waals surface area contributed by atoms with Gasteiger partial charge in [0.05, 0.1) is 11.3 Å². The smallest absolute Gasteiger partial charge is 0.257 e. The summed E-state index contributed by atoms with van der Waals surface area (Å²) in [5.74, 6) is 0.977. The number of aryl methyl sites for hydroxylation is 1. The molecule has 0 bridgehead atoms. The third-order valence-electron chi connectivity index (χ3n) is 6.14. The molecular formula is C27H27N5O. The maximum atomic E-state index is 13.6. The van der Waals surface area contributed by atoms with Gasteiger partial charge in [-0.05, 0) is 36.2 Å². The minimum atomic E-state index is 0.0208. The van der Waals surface area contributed by atoms with Gasteiger partial charge < -0.3 is 9.80 Å². The van der Waals surface area contributed by atoms with E-state index < -0.39 is 0 Å². The molecule has 1 fully saturated rings. The zero-order chi connectivity index (χ0) is 22.6. The van der Waals surface area contributed by atoms with Crippen molar-refractivity contribution in [2.24, 2.45) is 0 Å². The van der Waals surface area contributed by atoms with Gasteiger partial charge in [-0.25, -0.2) is 9.67 Å². The fraction of sp³-hybridized carbons (Fsp3) is 0.222. The molecule has 0 atom stereocenters. The van der Waals surface area contributed by atoms with Crippen LogP contribution in [0.4, 0.5) is 5.82 Å². The molecule has 6 heteroatoms. The van der Waals surface area contributed by atoms with Crippen molar-refractivity contribution < 1.29 is 4.79 Å². The number of pyridine rings is 1. The van der Waals surface area contributed by atoms with Gasteiger partial charge in [0.1, 0.15) is 11.5 Å². The Morgan fingerprint density at radius 2 is 1.61 bits per heavy atom. The predicted molar refractivity (Wildman–Crippen MR) is 131 cm³/mol. The molecule has 0 N–H and O–H groups in total. The summed E-state index contributed by atoms with van der Waals surface area (Å²) >= 11 is 0. The van der Waals surface area contributed by atoms with Gasteiger partial charge in [0.25, 0.3) is 5.91 Å². The lowest BCUT2D eigenvalue weighted by molar-refractivity contribution is 0.0747. The highest BCUT2D eigenvalue weighted by Crippen LogP contribution is 2.26. The monoisotopic (exact) mass is 437 g/mol. The first-order chi connectivity index (χ1) is 16.2. The van der Waals surface area contributed by atoms with Crippen LogP contribution >= 0.6 is 0 Å². The SMILES string of the molecule is CCc1ccc(-c2nn(-c3ccccc3)cc2C(=O)N2CCN(c3ccccn3)CC2)cc1. The second-order valence-electron chi connectivity index (χ2n) is 8.19. The number of carbonyl (C=O) groups excluding carboxylic acids is 1. The van der Waals surface area contributed by atoms with E-state index in [0.717, 1.165) is 42.3 Å². The third kappa shape index (κ3) is 4.37. The zero-order valence-electron chi connectivity index (χ0n) is 18.8. The number of nitrogens with zero attached hydrogens (tertiary/aromatic N) is 5. The molecule has 2 aromatic heterocycles. The first-order valence-corrected chi connectivity index (χ1v) is 11.4. The predicted octanol–water partition coefficient (Wildman–Crippen LogP) is 4.46. The van der Waals surface area contributed by atoms with Gasteiger partial charge in [-0.3, -0.25) is 4.79 Å². The quantitative estimate of drug-likeness (QED) is 0.463. The summed E-state index contributed by atoms with van der Waals surface area (Å²) < 4.78 is 1.81. The van der Waals surface area contributed by atoms with Crippen LogP contribution in [0.5, 0.6) is 0 Å². The van der Waals surface area contributed by atoms with Crippen molar-refractivity contribution in [1.82, 2.24) is 19.7 Å². The standard InChI is InChI=1S/C27H27N5O/c1-2-21-11-13-22(14-12-21)26-24(20-32(29-26)23-8-4-3-5-9-23)27(33)31-18-16-30(17-19-31)25-10-6-7-15-28-25/h3-15,20H,2,16-19H2,1H3. The van der Waals surface area contributed by atoms with E-state index in [1.807, 2.05) is 59.6 Å². The van der Waals surface area contributed by atoms with E-state index in [9.17, 15) is 4.79 Å². The van der Waals surface area contributed by atoms with Gasteiger partial charge in [0.15, 0.2) is 0 Å². The maximum Gasteiger partial charge on any atom is 0.257 e. The summed E-state index contributed by atoms with van der Waals surface area (Å²) in [5.41, 5.74) is 4.51. The maximum absolute atomic E-state index is 13.6. The molecule has 1 aliphatic rings. The van der Waals surface area contributed by atoms with Crippen LogP contribution < -0.4 is 4.90 Å². The van der Waals surface area contributed by atoms with E-state index in [2.05, 4.69) is 41.1 Å². The van der Waals surface area contributed by atoms with Crippen LogP contribution in [0.3, 0.4) is 0 Å². The summed E-state index contributed by atoms with van der Waals surface area (Å²) in [6.45, 7) is 4.96. The Morgan fingerprint density at radius 3 is 2.27 bits per heavy atom. The fourth-order valence-electron chi connectivity index (χ4n) is 4.20. The van der Waals surface area contributed by atoms with Crippen molar-refractivity contribution in [2.75, 3.05) is 31.1 Å². The van der Waals surface area contributed by atoms with Crippen LogP contribution in [0, 0.1) is 0 Å². The molecule has 0 saturated carbocycles. The van der Waals surface area contributed by atoms with Crippen molar-refractivity contribution in [2.45, 2.75) is 13.3 Å². The minimum Gasteiger partial charge on any atom is -0.353 e. The first kappa shape index (κ1) is 20.9. The van der Waals surface area contributed by atoms with E-state index in [4.69, 9.17) is 5.10 Å². The van der Waals surface area contributed by atoms with Crippen molar-refractivity contribution in [3.63, 3.8) is 0 Å². The van der Waals surface area contributed by atoms with Crippen LogP contribution in [0.15, 0.2) is 85.2 Å². The normalized spacial score (nSPS) is 13.8. The molecule has 4 aromatic rings. The molecule has 2 aromatic carbocycles. The Balaban J connectivity index is 1.43. The van der Waals surface area contributed by atoms with Crippen LogP contribution in [0.1, 0.15) is 22.8 Å². The molecule has 1 amide bonds. The highest BCUT2D eigenvalue weighted by atomic mass is 16.2. The number of benzene rings is 2. The molecule has 0 unspecified atom stereocenters. The van der Waals surface area contributed by atoms with E-state index >= 15 is 0 Å². The van der Waals surface area contributed by atoms with E-state index in [1.165, 1.54) is 5.56 Å². The van der Waals surface area contributed by atoms with Gasteiger partial charge in [-0.1, -0.05) is 55.5 Å². The lowest BCUT2D eigenvalue weighted by Crippen LogP contribution is -2.49. The lowest BCUT2D eigenvalue weighted by Gasteiger charge is -2.35. The summed E-state index contributed by atoms with van der Waals surface area (Å²) in [6, 6.07) is 24.2. The molecule has 1 saturated heterocycles. The van der Waals surface area contributed by atoms with Gasteiger partial charge >= 0.3 is 0 Å². The number of rotatable bonds is 5. The molecule has 166 valence electrons. The number of hydrogen-bond donors (Lipinski definition) is 0. The minimum absolute atomic E-state index is 0.0208. The molecule has 0 radical (unpaired) electrons. The van der Waals surface area contributed by atoms with Gasteiger partial charge in [0, 0.05) is 44.1 Å². The highest BCUT2D eigenvalue weighted by molar-refractivity contribution is 6.00. The first-order valence-electron chi connectivity index (χ1n) is 11.4. The highest BCUT2D eigenvalue weighted by Gasteiger charge is 2.27. The van der Waals surface area contributed by atoms with Crippen LogP contribution in [-0.4, -0.2) is 51.8 Å². The molecule has 0 aliphatic carbocycles. The number of carbonyl (C=O) groups is 1. The Labute approximate surface area is 194 Å². The largest absolute Gasteiger partial charge is 0.353 e. The van der Waals surface area contributed by atoms with Crippen molar-refractivity contribution in [1.29, 1.82) is 0 Å². The third-order valence-corrected chi connectivity index (χ3v) is 6.14. The average molecular weight is 438 g/mol. The molecule has 6 nitrogen and oxygen atoms in total. The number of amides is 1. The second kappa shape index (κ2) is 9.28. The van der Waals surface area contributed by atoms with E-state index in [-0.39, 0.29) is 5.91 Å². The summed E-state index contributed by atoms with van der Waals surface area (Å²) in [6.07, 6.45) is 4.65. The molecule has 33 heavy (non-hydrogen) atoms. The Morgan fingerprint density at radius 1 is 0.879 bits per heavy atom. The number of hydrogen-bond acceptors (Lipinski definition) is 4. The topological polar surface area (TPSA) is 54.3 Å². The number of piperazine rings is 1. The summed E-state index contributed by atoms with van der Waals surface area (Å²) in [5, 5.41) is 4.83. The summed E-state index contributed by atoms with van der Waals surface area (Å²) in [7, 11) is 0.